The van der Waals surface area contributed by atoms with Crippen LogP contribution in [0.1, 0.15) is 6.42 Å². The van der Waals surface area contributed by atoms with Gasteiger partial charge in [-0.1, -0.05) is 6.58 Å². The first-order valence-electron chi connectivity index (χ1n) is 6.06. The third-order valence-electron chi connectivity index (χ3n) is 3.45. The van der Waals surface area contributed by atoms with Crippen molar-refractivity contribution in [2.45, 2.75) is 12.5 Å². The van der Waals surface area contributed by atoms with Crippen LogP contribution in [0.4, 0.5) is 0 Å². The van der Waals surface area contributed by atoms with Gasteiger partial charge < -0.3 is 4.74 Å². The van der Waals surface area contributed by atoms with Crippen LogP contribution in [0.25, 0.3) is 0 Å². The smallest absolute Gasteiger partial charge is 0.0594 e. The molecule has 0 amide bonds. The molecule has 3 nitrogen and oxygen atoms in total. The Morgan fingerprint density at radius 2 is 2.06 bits per heavy atom. The zero-order valence-corrected chi connectivity index (χ0v) is 10.6. The number of hydrogen-bond donors (Lipinski definition) is 0. The number of rotatable bonds is 4. The molecule has 2 aliphatic rings. The minimum absolute atomic E-state index is 0.582. The second-order valence-electron chi connectivity index (χ2n) is 4.71. The highest BCUT2D eigenvalue weighted by Crippen LogP contribution is 2.17. The van der Waals surface area contributed by atoms with E-state index in [9.17, 15) is 0 Å². The number of ether oxygens (including phenoxy) is 1. The molecule has 2 rings (SSSR count). The van der Waals surface area contributed by atoms with Gasteiger partial charge in [-0.3, -0.25) is 9.80 Å². The predicted octanol–water partition coefficient (Wildman–Crippen LogP) is 1.19. The summed E-state index contributed by atoms with van der Waals surface area (Å²) >= 11 is 5.76. The molecule has 2 saturated heterocycles. The van der Waals surface area contributed by atoms with Crippen LogP contribution in [0.3, 0.4) is 0 Å². The van der Waals surface area contributed by atoms with Gasteiger partial charge in [-0.05, 0) is 12.0 Å². The van der Waals surface area contributed by atoms with E-state index >= 15 is 0 Å². The van der Waals surface area contributed by atoms with Crippen LogP contribution < -0.4 is 0 Å². The van der Waals surface area contributed by atoms with Crippen molar-refractivity contribution in [3.05, 3.63) is 12.2 Å². The summed E-state index contributed by atoms with van der Waals surface area (Å²) in [6.07, 6.45) is 1.27. The Hall–Kier alpha value is -0.0900. The van der Waals surface area contributed by atoms with Gasteiger partial charge in [0.15, 0.2) is 0 Å². The summed E-state index contributed by atoms with van der Waals surface area (Å²) in [5, 5.41) is 0. The van der Waals surface area contributed by atoms with E-state index in [0.29, 0.717) is 11.9 Å². The largest absolute Gasteiger partial charge is 0.379 e. The second kappa shape index (κ2) is 6.01. The highest BCUT2D eigenvalue weighted by atomic mass is 35.5. The highest BCUT2D eigenvalue weighted by molar-refractivity contribution is 6.19. The lowest BCUT2D eigenvalue weighted by atomic mass is 10.2. The summed E-state index contributed by atoms with van der Waals surface area (Å²) in [5.74, 6) is 0.582. The lowest BCUT2D eigenvalue weighted by Gasteiger charge is -2.32. The molecule has 0 saturated carbocycles. The fourth-order valence-electron chi connectivity index (χ4n) is 2.55. The summed E-state index contributed by atoms with van der Waals surface area (Å²) in [7, 11) is 0. The summed E-state index contributed by atoms with van der Waals surface area (Å²) in [5.41, 5.74) is 1.13. The molecule has 0 radical (unpaired) electrons. The molecule has 0 aromatic rings. The van der Waals surface area contributed by atoms with E-state index in [1.165, 1.54) is 13.0 Å². The average molecular weight is 245 g/mol. The maximum absolute atomic E-state index is 5.76. The first kappa shape index (κ1) is 12.4. The number of alkyl halides is 1. The van der Waals surface area contributed by atoms with Gasteiger partial charge in [-0.25, -0.2) is 0 Å². The minimum atomic E-state index is 0.582. The molecule has 0 aromatic carbocycles. The SMILES string of the molecule is C=C(CCl)CN1CCC(N2CCOCC2)C1. The second-order valence-corrected chi connectivity index (χ2v) is 4.98. The van der Waals surface area contributed by atoms with Gasteiger partial charge in [-0.2, -0.15) is 0 Å². The molecule has 0 bridgehead atoms. The molecule has 1 atom stereocenters. The molecular formula is C12H21ClN2O. The average Bonchev–Trinajstić information content (AvgIpc) is 2.78. The molecule has 0 spiro atoms. The van der Waals surface area contributed by atoms with Crippen LogP contribution in [0.15, 0.2) is 12.2 Å². The lowest BCUT2D eigenvalue weighted by molar-refractivity contribution is 0.0187. The normalized spacial score (nSPS) is 28.4. The first-order valence-corrected chi connectivity index (χ1v) is 6.60. The van der Waals surface area contributed by atoms with E-state index in [1.807, 2.05) is 0 Å². The number of nitrogens with zero attached hydrogens (tertiary/aromatic N) is 2. The van der Waals surface area contributed by atoms with Crippen molar-refractivity contribution in [3.8, 4) is 0 Å². The molecule has 1 unspecified atom stereocenters. The molecular weight excluding hydrogens is 224 g/mol. The highest BCUT2D eigenvalue weighted by Gasteiger charge is 2.28. The van der Waals surface area contributed by atoms with Gasteiger partial charge in [0, 0.05) is 44.6 Å². The standard InChI is InChI=1S/C12H21ClN2O/c1-11(8-13)9-14-3-2-12(10-14)15-4-6-16-7-5-15/h12H,1-10H2. The van der Waals surface area contributed by atoms with Crippen LogP contribution in [-0.4, -0.2) is 67.7 Å². The summed E-state index contributed by atoms with van der Waals surface area (Å²) in [6.45, 7) is 11.2. The molecule has 0 N–H and O–H groups in total. The van der Waals surface area contributed by atoms with Gasteiger partial charge in [0.05, 0.1) is 13.2 Å². The van der Waals surface area contributed by atoms with E-state index < -0.39 is 0 Å². The third kappa shape index (κ3) is 3.20. The van der Waals surface area contributed by atoms with Crippen LogP contribution in [0, 0.1) is 0 Å². The molecule has 2 aliphatic heterocycles. The van der Waals surface area contributed by atoms with Crippen molar-refractivity contribution in [1.82, 2.24) is 9.80 Å². The fraction of sp³-hybridized carbons (Fsp3) is 0.833. The van der Waals surface area contributed by atoms with Gasteiger partial charge in [0.2, 0.25) is 0 Å². The minimum Gasteiger partial charge on any atom is -0.379 e. The van der Waals surface area contributed by atoms with Crippen LogP contribution in [0.5, 0.6) is 0 Å². The summed E-state index contributed by atoms with van der Waals surface area (Å²) in [4.78, 5) is 5.03. The van der Waals surface area contributed by atoms with Crippen molar-refractivity contribution in [3.63, 3.8) is 0 Å². The molecule has 0 aromatic heterocycles. The van der Waals surface area contributed by atoms with E-state index in [4.69, 9.17) is 16.3 Å². The number of morpholine rings is 1. The maximum Gasteiger partial charge on any atom is 0.0594 e. The molecule has 92 valence electrons. The Kier molecular flexibility index (Phi) is 4.65. The lowest BCUT2D eigenvalue weighted by Crippen LogP contribution is -2.44. The van der Waals surface area contributed by atoms with Crippen molar-refractivity contribution in [2.24, 2.45) is 0 Å². The first-order chi connectivity index (χ1) is 7.79. The zero-order valence-electron chi connectivity index (χ0n) is 9.83. The Bertz CT molecular complexity index is 241. The van der Waals surface area contributed by atoms with Gasteiger partial charge in [0.25, 0.3) is 0 Å². The quantitative estimate of drug-likeness (QED) is 0.546. The molecule has 2 heterocycles. The van der Waals surface area contributed by atoms with E-state index in [0.717, 1.165) is 45.0 Å². The van der Waals surface area contributed by atoms with E-state index in [2.05, 4.69) is 16.4 Å². The Morgan fingerprint density at radius 1 is 1.31 bits per heavy atom. The molecule has 4 heteroatoms. The van der Waals surface area contributed by atoms with Gasteiger partial charge in [-0.15, -0.1) is 11.6 Å². The zero-order chi connectivity index (χ0) is 11.4. The van der Waals surface area contributed by atoms with E-state index in [1.54, 1.807) is 0 Å². The Balaban J connectivity index is 1.76. The Morgan fingerprint density at radius 3 is 2.75 bits per heavy atom. The fourth-order valence-corrected chi connectivity index (χ4v) is 2.64. The monoisotopic (exact) mass is 244 g/mol. The maximum atomic E-state index is 5.76. The summed E-state index contributed by atoms with van der Waals surface area (Å²) < 4.78 is 5.38. The Labute approximate surface area is 103 Å². The number of likely N-dealkylation sites (tertiary alicyclic amines) is 1. The van der Waals surface area contributed by atoms with Crippen LogP contribution >= 0.6 is 11.6 Å². The van der Waals surface area contributed by atoms with E-state index in [-0.39, 0.29) is 0 Å². The van der Waals surface area contributed by atoms with Gasteiger partial charge in [0.1, 0.15) is 0 Å². The van der Waals surface area contributed by atoms with Crippen molar-refractivity contribution in [2.75, 3.05) is 51.8 Å². The molecule has 2 fully saturated rings. The van der Waals surface area contributed by atoms with Crippen LogP contribution in [0.2, 0.25) is 0 Å². The van der Waals surface area contributed by atoms with Crippen molar-refractivity contribution < 1.29 is 4.74 Å². The predicted molar refractivity (Wildman–Crippen MR) is 67.1 cm³/mol. The summed E-state index contributed by atoms with van der Waals surface area (Å²) in [6, 6.07) is 0.715. The topological polar surface area (TPSA) is 15.7 Å². The molecule has 16 heavy (non-hydrogen) atoms. The number of hydrogen-bond acceptors (Lipinski definition) is 3. The van der Waals surface area contributed by atoms with Crippen molar-refractivity contribution in [1.29, 1.82) is 0 Å². The van der Waals surface area contributed by atoms with Crippen LogP contribution in [-0.2, 0) is 4.74 Å². The number of halogens is 1. The molecule has 0 aliphatic carbocycles. The third-order valence-corrected chi connectivity index (χ3v) is 3.82. The van der Waals surface area contributed by atoms with Gasteiger partial charge >= 0.3 is 0 Å². The van der Waals surface area contributed by atoms with Crippen molar-refractivity contribution >= 4 is 11.6 Å².